The number of carboxylic acids is 1. The number of aromatic amines is 1. The molecule has 1 aromatic heterocycles. The van der Waals surface area contributed by atoms with Gasteiger partial charge in [-0.25, -0.2) is 17.8 Å². The molecule has 0 bridgehead atoms. The number of benzene rings is 3. The Labute approximate surface area is 232 Å². The van der Waals surface area contributed by atoms with Gasteiger partial charge in [0, 0.05) is 23.9 Å². The number of aromatic nitrogens is 1. The molecule has 0 spiro atoms. The summed E-state index contributed by atoms with van der Waals surface area (Å²) in [4.78, 5) is 20.8. The van der Waals surface area contributed by atoms with Crippen LogP contribution >= 0.6 is 0 Å². The summed E-state index contributed by atoms with van der Waals surface area (Å²) in [6, 6.07) is 17.5. The number of hydrogen-bond donors (Lipinski definition) is 3. The summed E-state index contributed by atoms with van der Waals surface area (Å²) >= 11 is 0. The maximum Gasteiger partial charge on any atom is 0.303 e. The highest BCUT2D eigenvalue weighted by Gasteiger charge is 2.20. The van der Waals surface area contributed by atoms with E-state index in [1.165, 1.54) is 24.3 Å². The summed E-state index contributed by atoms with van der Waals surface area (Å²) in [5.41, 5.74) is 3.07. The lowest BCUT2D eigenvalue weighted by Crippen LogP contribution is -2.29. The van der Waals surface area contributed by atoms with Crippen molar-refractivity contribution in [3.8, 4) is 5.88 Å². The average Bonchev–Trinajstić information content (AvgIpc) is 3.26. The second kappa shape index (κ2) is 12.4. The van der Waals surface area contributed by atoms with Crippen molar-refractivity contribution in [2.24, 2.45) is 4.99 Å². The Morgan fingerprint density at radius 1 is 1.00 bits per heavy atom. The number of halogens is 1. The molecule has 0 saturated carbocycles. The minimum atomic E-state index is -3.48. The van der Waals surface area contributed by atoms with Crippen LogP contribution in [0.25, 0.3) is 10.9 Å². The van der Waals surface area contributed by atoms with Crippen molar-refractivity contribution in [2.75, 3.05) is 25.4 Å². The molecular weight excluding hydrogens is 533 g/mol. The highest BCUT2D eigenvalue weighted by atomic mass is 32.2. The highest BCUT2D eigenvalue weighted by Crippen LogP contribution is 2.32. The fourth-order valence-electron chi connectivity index (χ4n) is 4.50. The molecule has 0 aliphatic rings. The molecule has 0 unspecified atom stereocenters. The molecule has 3 N–H and O–H groups in total. The SMILES string of the molecule is CCN(CC)CCS(=O)(=O)c1ccc(N=C(c2ccc(CCC(=O)O)cc2)c2c(O)[nH]c3cc(F)ccc23)cc1. The maximum absolute atomic E-state index is 13.9. The number of H-pyrrole nitrogens is 1. The van der Waals surface area contributed by atoms with Crippen LogP contribution in [-0.4, -0.2) is 65.6 Å². The summed E-state index contributed by atoms with van der Waals surface area (Å²) in [7, 11) is -3.48. The lowest BCUT2D eigenvalue weighted by Gasteiger charge is -2.17. The van der Waals surface area contributed by atoms with Crippen molar-refractivity contribution >= 4 is 38.1 Å². The summed E-state index contributed by atoms with van der Waals surface area (Å²) in [5, 5.41) is 20.4. The third-order valence-corrected chi connectivity index (χ3v) is 8.55. The van der Waals surface area contributed by atoms with Gasteiger partial charge >= 0.3 is 5.97 Å². The molecule has 10 heteroatoms. The second-order valence-corrected chi connectivity index (χ2v) is 11.5. The van der Waals surface area contributed by atoms with Crippen LogP contribution < -0.4 is 0 Å². The highest BCUT2D eigenvalue weighted by molar-refractivity contribution is 7.91. The first-order valence-electron chi connectivity index (χ1n) is 13.1. The summed E-state index contributed by atoms with van der Waals surface area (Å²) in [6.07, 6.45) is 0.364. The summed E-state index contributed by atoms with van der Waals surface area (Å²) < 4.78 is 39.6. The fraction of sp³-hybridized carbons (Fsp3) is 0.267. The van der Waals surface area contributed by atoms with E-state index in [0.29, 0.717) is 46.4 Å². The first kappa shape index (κ1) is 29.0. The first-order chi connectivity index (χ1) is 19.1. The smallest absolute Gasteiger partial charge is 0.303 e. The van der Waals surface area contributed by atoms with Gasteiger partial charge in [-0.2, -0.15) is 0 Å². The molecule has 0 atom stereocenters. The van der Waals surface area contributed by atoms with Crippen LogP contribution in [-0.2, 0) is 21.1 Å². The van der Waals surface area contributed by atoms with Crippen LogP contribution in [0.4, 0.5) is 10.1 Å². The van der Waals surface area contributed by atoms with Crippen LogP contribution in [0.2, 0.25) is 0 Å². The number of aliphatic imine (C=N–C) groups is 1. The van der Waals surface area contributed by atoms with E-state index in [0.717, 1.165) is 18.7 Å². The third kappa shape index (κ3) is 6.75. The van der Waals surface area contributed by atoms with Crippen molar-refractivity contribution in [1.29, 1.82) is 0 Å². The number of fused-ring (bicyclic) bond motifs is 1. The lowest BCUT2D eigenvalue weighted by molar-refractivity contribution is -0.136. The van der Waals surface area contributed by atoms with Gasteiger partial charge in [-0.15, -0.1) is 0 Å². The number of rotatable bonds is 12. The second-order valence-electron chi connectivity index (χ2n) is 9.43. The number of aryl methyl sites for hydroxylation is 1. The van der Waals surface area contributed by atoms with Crippen molar-refractivity contribution in [2.45, 2.75) is 31.6 Å². The van der Waals surface area contributed by atoms with E-state index in [-0.39, 0.29) is 22.9 Å². The lowest BCUT2D eigenvalue weighted by atomic mass is 9.98. The van der Waals surface area contributed by atoms with Gasteiger partial charge in [-0.3, -0.25) is 4.79 Å². The van der Waals surface area contributed by atoms with Crippen molar-refractivity contribution < 1.29 is 27.8 Å². The molecule has 0 saturated heterocycles. The molecule has 0 aliphatic carbocycles. The van der Waals surface area contributed by atoms with E-state index >= 15 is 0 Å². The van der Waals surface area contributed by atoms with Crippen molar-refractivity contribution in [3.05, 3.63) is 89.2 Å². The Balaban J connectivity index is 1.73. The summed E-state index contributed by atoms with van der Waals surface area (Å²) in [5.74, 6) is -1.53. The number of carbonyl (C=O) groups is 1. The van der Waals surface area contributed by atoms with Crippen LogP contribution in [0.1, 0.15) is 37.0 Å². The van der Waals surface area contributed by atoms with E-state index in [1.54, 1.807) is 42.5 Å². The van der Waals surface area contributed by atoms with Crippen LogP contribution in [0.5, 0.6) is 5.88 Å². The Morgan fingerprint density at radius 3 is 2.30 bits per heavy atom. The molecule has 8 nitrogen and oxygen atoms in total. The first-order valence-corrected chi connectivity index (χ1v) is 14.7. The molecule has 0 radical (unpaired) electrons. The molecule has 210 valence electrons. The van der Waals surface area contributed by atoms with E-state index in [4.69, 9.17) is 10.1 Å². The zero-order chi connectivity index (χ0) is 28.9. The molecule has 0 amide bonds. The van der Waals surface area contributed by atoms with Gasteiger partial charge in [0.15, 0.2) is 15.7 Å². The van der Waals surface area contributed by atoms with Gasteiger partial charge in [-0.05, 0) is 67.5 Å². The van der Waals surface area contributed by atoms with Crippen molar-refractivity contribution in [1.82, 2.24) is 9.88 Å². The van der Waals surface area contributed by atoms with Gasteiger partial charge in [0.1, 0.15) is 5.82 Å². The quantitative estimate of drug-likeness (QED) is 0.200. The van der Waals surface area contributed by atoms with E-state index in [2.05, 4.69) is 9.88 Å². The number of nitrogens with zero attached hydrogens (tertiary/aromatic N) is 2. The molecule has 3 aromatic carbocycles. The van der Waals surface area contributed by atoms with Crippen LogP contribution in [0, 0.1) is 5.82 Å². The molecule has 1 heterocycles. The van der Waals surface area contributed by atoms with Gasteiger partial charge in [-0.1, -0.05) is 38.1 Å². The zero-order valence-electron chi connectivity index (χ0n) is 22.4. The standard InChI is InChI=1S/C30H32FN3O5S/c1-3-34(4-2)17-18-40(38,39)24-13-11-23(12-14-24)32-29(21-8-5-20(6-9-21)7-16-27(35)36)28-25-15-10-22(31)19-26(25)33-30(28)37/h5-6,8-15,19,33,37H,3-4,7,16-18H2,1-2H3,(H,35,36). The largest absolute Gasteiger partial charge is 0.494 e. The maximum atomic E-state index is 13.9. The zero-order valence-corrected chi connectivity index (χ0v) is 23.2. The molecule has 4 rings (SSSR count). The minimum Gasteiger partial charge on any atom is -0.494 e. The minimum absolute atomic E-state index is 0.000724. The van der Waals surface area contributed by atoms with E-state index in [1.807, 2.05) is 13.8 Å². The Bertz CT molecular complexity index is 1620. The summed E-state index contributed by atoms with van der Waals surface area (Å²) in [6.45, 7) is 5.98. The Morgan fingerprint density at radius 2 is 1.68 bits per heavy atom. The number of carboxylic acid groups (broad SMARTS) is 1. The average molecular weight is 566 g/mol. The van der Waals surface area contributed by atoms with Gasteiger partial charge in [0.05, 0.1) is 33.1 Å². The number of hydrogen-bond acceptors (Lipinski definition) is 6. The van der Waals surface area contributed by atoms with E-state index in [9.17, 15) is 22.7 Å². The predicted molar refractivity (Wildman–Crippen MR) is 154 cm³/mol. The molecular formula is C30H32FN3O5S. The predicted octanol–water partition coefficient (Wildman–Crippen LogP) is 5.31. The fourth-order valence-corrected chi connectivity index (χ4v) is 5.79. The third-order valence-electron chi connectivity index (χ3n) is 6.84. The van der Waals surface area contributed by atoms with Crippen LogP contribution in [0.3, 0.4) is 0 Å². The number of sulfone groups is 1. The van der Waals surface area contributed by atoms with E-state index < -0.39 is 21.6 Å². The topological polar surface area (TPSA) is 123 Å². The molecule has 0 aliphatic heterocycles. The monoisotopic (exact) mass is 565 g/mol. The normalized spacial score (nSPS) is 12.3. The molecule has 40 heavy (non-hydrogen) atoms. The Hall–Kier alpha value is -4.02. The number of aromatic hydroxyl groups is 1. The molecule has 4 aromatic rings. The van der Waals surface area contributed by atoms with Crippen LogP contribution in [0.15, 0.2) is 76.6 Å². The Kier molecular flexibility index (Phi) is 9.01. The van der Waals surface area contributed by atoms with Gasteiger partial charge in [0.2, 0.25) is 0 Å². The van der Waals surface area contributed by atoms with Gasteiger partial charge < -0.3 is 20.1 Å². The molecule has 0 fully saturated rings. The van der Waals surface area contributed by atoms with Gasteiger partial charge in [0.25, 0.3) is 0 Å². The number of nitrogens with one attached hydrogen (secondary N) is 1. The number of aliphatic carboxylic acids is 1. The van der Waals surface area contributed by atoms with Crippen molar-refractivity contribution in [3.63, 3.8) is 0 Å².